The number of aromatic nitrogens is 3. The lowest BCUT2D eigenvalue weighted by atomic mass is 10.1. The number of carbonyl (C=O) groups excluding carboxylic acids is 1. The highest BCUT2D eigenvalue weighted by molar-refractivity contribution is 5.92. The minimum absolute atomic E-state index is 0.0816. The van der Waals surface area contributed by atoms with Crippen molar-refractivity contribution in [2.45, 2.75) is 40.7 Å². The van der Waals surface area contributed by atoms with Gasteiger partial charge >= 0.3 is 0 Å². The van der Waals surface area contributed by atoms with E-state index in [1.54, 1.807) is 18.3 Å². The molecule has 0 saturated heterocycles. The van der Waals surface area contributed by atoms with E-state index < -0.39 is 0 Å². The van der Waals surface area contributed by atoms with Crippen LogP contribution in [0.5, 0.6) is 0 Å². The molecule has 2 aromatic heterocycles. The number of anilines is 2. The van der Waals surface area contributed by atoms with Gasteiger partial charge in [-0.05, 0) is 31.9 Å². The Hall–Kier alpha value is -2.37. The van der Waals surface area contributed by atoms with Crippen LogP contribution < -0.4 is 11.1 Å². The Balaban J connectivity index is 2.08. The third-order valence-corrected chi connectivity index (χ3v) is 3.48. The molecule has 1 amide bonds. The zero-order valence-corrected chi connectivity index (χ0v) is 13.6. The van der Waals surface area contributed by atoms with Gasteiger partial charge in [0.05, 0.1) is 24.0 Å². The van der Waals surface area contributed by atoms with Crippen LogP contribution in [0.25, 0.3) is 0 Å². The third-order valence-electron chi connectivity index (χ3n) is 3.48. The predicted octanol–water partition coefficient (Wildman–Crippen LogP) is 2.31. The molecular weight excluding hydrogens is 278 g/mol. The van der Waals surface area contributed by atoms with Crippen molar-refractivity contribution in [1.82, 2.24) is 14.8 Å². The fourth-order valence-electron chi connectivity index (χ4n) is 2.36. The maximum absolute atomic E-state index is 12.2. The molecule has 3 N–H and O–H groups in total. The Bertz CT molecular complexity index is 658. The maximum Gasteiger partial charge on any atom is 0.228 e. The van der Waals surface area contributed by atoms with Gasteiger partial charge in [-0.1, -0.05) is 13.8 Å². The van der Waals surface area contributed by atoms with Crippen LogP contribution in [0.3, 0.4) is 0 Å². The van der Waals surface area contributed by atoms with E-state index in [1.807, 2.05) is 18.5 Å². The number of hydrogen-bond donors (Lipinski definition) is 2. The normalized spacial score (nSPS) is 11.0. The molecule has 6 nitrogen and oxygen atoms in total. The average molecular weight is 301 g/mol. The lowest BCUT2D eigenvalue weighted by Gasteiger charge is -2.08. The van der Waals surface area contributed by atoms with E-state index in [2.05, 4.69) is 29.2 Å². The first-order chi connectivity index (χ1) is 10.4. The molecule has 0 aliphatic heterocycles. The molecule has 0 bridgehead atoms. The Labute approximate surface area is 130 Å². The third kappa shape index (κ3) is 3.84. The van der Waals surface area contributed by atoms with Crippen LogP contribution in [0.15, 0.2) is 18.3 Å². The SMILES string of the molecule is Cc1nn(CC(C)C)c(C)c1CC(=O)Nc1ccc(N)nc1. The first-order valence-corrected chi connectivity index (χ1v) is 7.41. The smallest absolute Gasteiger partial charge is 0.228 e. The summed E-state index contributed by atoms with van der Waals surface area (Å²) in [5, 5.41) is 7.36. The van der Waals surface area contributed by atoms with Crippen molar-refractivity contribution in [2.24, 2.45) is 5.92 Å². The van der Waals surface area contributed by atoms with Crippen LogP contribution in [0.4, 0.5) is 11.5 Å². The van der Waals surface area contributed by atoms with Crippen molar-refractivity contribution in [3.63, 3.8) is 0 Å². The summed E-state index contributed by atoms with van der Waals surface area (Å²) in [5.41, 5.74) is 9.12. The fraction of sp³-hybridized carbons (Fsp3) is 0.438. The van der Waals surface area contributed by atoms with Crippen LogP contribution in [0.2, 0.25) is 0 Å². The Morgan fingerprint density at radius 1 is 1.36 bits per heavy atom. The van der Waals surface area contributed by atoms with Gasteiger partial charge in [-0.2, -0.15) is 5.10 Å². The molecule has 0 aliphatic rings. The van der Waals surface area contributed by atoms with Crippen molar-refractivity contribution in [1.29, 1.82) is 0 Å². The van der Waals surface area contributed by atoms with Gasteiger partial charge in [0.15, 0.2) is 0 Å². The fourth-order valence-corrected chi connectivity index (χ4v) is 2.36. The zero-order valence-electron chi connectivity index (χ0n) is 13.6. The van der Waals surface area contributed by atoms with E-state index in [1.165, 1.54) is 0 Å². The van der Waals surface area contributed by atoms with Crippen LogP contribution >= 0.6 is 0 Å². The molecule has 6 heteroatoms. The highest BCUT2D eigenvalue weighted by Crippen LogP contribution is 2.16. The second-order valence-electron chi connectivity index (χ2n) is 5.92. The van der Waals surface area contributed by atoms with Gasteiger partial charge in [0, 0.05) is 17.8 Å². The molecule has 2 aromatic rings. The topological polar surface area (TPSA) is 85.8 Å². The van der Waals surface area contributed by atoms with Crippen molar-refractivity contribution < 1.29 is 4.79 Å². The summed E-state index contributed by atoms with van der Waals surface area (Å²) >= 11 is 0. The summed E-state index contributed by atoms with van der Waals surface area (Å²) in [6.07, 6.45) is 1.86. The molecule has 0 atom stereocenters. The van der Waals surface area contributed by atoms with E-state index >= 15 is 0 Å². The summed E-state index contributed by atoms with van der Waals surface area (Å²) in [5.74, 6) is 0.863. The molecular formula is C16H23N5O. The average Bonchev–Trinajstić information content (AvgIpc) is 2.68. The van der Waals surface area contributed by atoms with Gasteiger partial charge in [-0.25, -0.2) is 4.98 Å². The quantitative estimate of drug-likeness (QED) is 0.887. The number of amides is 1. The largest absolute Gasteiger partial charge is 0.384 e. The van der Waals surface area contributed by atoms with Crippen molar-refractivity contribution in [2.75, 3.05) is 11.1 Å². The maximum atomic E-state index is 12.2. The van der Waals surface area contributed by atoms with Crippen molar-refractivity contribution in [3.8, 4) is 0 Å². The highest BCUT2D eigenvalue weighted by Gasteiger charge is 2.15. The summed E-state index contributed by atoms with van der Waals surface area (Å²) in [6, 6.07) is 3.40. The molecule has 118 valence electrons. The highest BCUT2D eigenvalue weighted by atomic mass is 16.1. The van der Waals surface area contributed by atoms with E-state index in [0.29, 0.717) is 23.8 Å². The van der Waals surface area contributed by atoms with Crippen molar-refractivity contribution >= 4 is 17.4 Å². The van der Waals surface area contributed by atoms with Gasteiger partial charge in [-0.3, -0.25) is 9.48 Å². The number of carbonyl (C=O) groups is 1. The number of nitrogen functional groups attached to an aromatic ring is 1. The van der Waals surface area contributed by atoms with E-state index in [0.717, 1.165) is 23.5 Å². The minimum Gasteiger partial charge on any atom is -0.384 e. The molecule has 0 fully saturated rings. The summed E-state index contributed by atoms with van der Waals surface area (Å²) < 4.78 is 1.98. The van der Waals surface area contributed by atoms with E-state index in [9.17, 15) is 4.79 Å². The van der Waals surface area contributed by atoms with Crippen LogP contribution in [0, 0.1) is 19.8 Å². The molecule has 22 heavy (non-hydrogen) atoms. The number of aryl methyl sites for hydroxylation is 1. The molecule has 2 rings (SSSR count). The van der Waals surface area contributed by atoms with Crippen LogP contribution in [-0.2, 0) is 17.8 Å². The Morgan fingerprint density at radius 2 is 2.09 bits per heavy atom. The second kappa shape index (κ2) is 6.60. The Morgan fingerprint density at radius 3 is 2.68 bits per heavy atom. The molecule has 0 spiro atoms. The molecule has 0 radical (unpaired) electrons. The van der Waals surface area contributed by atoms with Crippen LogP contribution in [-0.4, -0.2) is 20.7 Å². The minimum atomic E-state index is -0.0816. The lowest BCUT2D eigenvalue weighted by molar-refractivity contribution is -0.115. The number of nitrogens with one attached hydrogen (secondary N) is 1. The van der Waals surface area contributed by atoms with Gasteiger partial charge in [-0.15, -0.1) is 0 Å². The lowest BCUT2D eigenvalue weighted by Crippen LogP contribution is -2.16. The monoisotopic (exact) mass is 301 g/mol. The number of pyridine rings is 1. The van der Waals surface area contributed by atoms with Crippen LogP contribution in [0.1, 0.15) is 30.8 Å². The predicted molar refractivity (Wildman–Crippen MR) is 87.5 cm³/mol. The molecule has 0 saturated carbocycles. The molecule has 0 aromatic carbocycles. The molecule has 2 heterocycles. The number of hydrogen-bond acceptors (Lipinski definition) is 4. The number of nitrogens with zero attached hydrogens (tertiary/aromatic N) is 3. The first kappa shape index (κ1) is 16.0. The van der Waals surface area contributed by atoms with Gasteiger partial charge in [0.2, 0.25) is 5.91 Å². The number of nitrogens with two attached hydrogens (primary N) is 1. The summed E-state index contributed by atoms with van der Waals surface area (Å²) in [6.45, 7) is 9.11. The Kier molecular flexibility index (Phi) is 4.80. The second-order valence-corrected chi connectivity index (χ2v) is 5.92. The van der Waals surface area contributed by atoms with Crippen molar-refractivity contribution in [3.05, 3.63) is 35.3 Å². The summed E-state index contributed by atoms with van der Waals surface area (Å²) in [4.78, 5) is 16.2. The van der Waals surface area contributed by atoms with Gasteiger partial charge < -0.3 is 11.1 Å². The van der Waals surface area contributed by atoms with E-state index in [-0.39, 0.29) is 5.91 Å². The first-order valence-electron chi connectivity index (χ1n) is 7.41. The molecule has 0 aliphatic carbocycles. The standard InChI is InChI=1S/C16H23N5O/c1-10(2)9-21-12(4)14(11(3)20-21)7-16(22)19-13-5-6-15(17)18-8-13/h5-6,8,10H,7,9H2,1-4H3,(H2,17,18)(H,19,22). The molecule has 0 unspecified atom stereocenters. The zero-order chi connectivity index (χ0) is 16.3. The van der Waals surface area contributed by atoms with Gasteiger partial charge in [0.1, 0.15) is 5.82 Å². The van der Waals surface area contributed by atoms with E-state index in [4.69, 9.17) is 5.73 Å². The summed E-state index contributed by atoms with van der Waals surface area (Å²) in [7, 11) is 0. The van der Waals surface area contributed by atoms with Gasteiger partial charge in [0.25, 0.3) is 0 Å². The number of rotatable bonds is 5.